The van der Waals surface area contributed by atoms with Gasteiger partial charge in [0.15, 0.2) is 0 Å². The topological polar surface area (TPSA) is 70.4 Å². The molecule has 6 heteroatoms. The maximum atomic E-state index is 13.0. The molecule has 1 fully saturated rings. The number of carbonyl (C=O) groups excluding carboxylic acids is 1. The Bertz CT molecular complexity index is 967. The molecule has 2 aromatic carbocycles. The molecule has 1 aliphatic rings. The molecule has 156 valence electrons. The predicted molar refractivity (Wildman–Crippen MR) is 119 cm³/mol. The number of aliphatic hydroxyl groups is 1. The average Bonchev–Trinajstić information content (AvgIpc) is 3.55. The van der Waals surface area contributed by atoms with Gasteiger partial charge in [-0.2, -0.15) is 5.10 Å². The van der Waals surface area contributed by atoms with E-state index in [0.717, 1.165) is 29.9 Å². The molecule has 1 saturated carbocycles. The zero-order valence-corrected chi connectivity index (χ0v) is 17.2. The van der Waals surface area contributed by atoms with E-state index in [2.05, 4.69) is 5.32 Å². The maximum absolute atomic E-state index is 13.0. The van der Waals surface area contributed by atoms with E-state index < -0.39 is 6.10 Å². The monoisotopic (exact) mass is 404 g/mol. The Hall–Kier alpha value is -3.12. The van der Waals surface area contributed by atoms with Crippen molar-refractivity contribution in [1.82, 2.24) is 9.78 Å². The Morgan fingerprint density at radius 2 is 1.83 bits per heavy atom. The van der Waals surface area contributed by atoms with E-state index in [1.807, 2.05) is 78.6 Å². The number of carbonyl (C=O) groups is 1. The number of aliphatic hydroxyl groups excluding tert-OH is 1. The van der Waals surface area contributed by atoms with Crippen LogP contribution >= 0.6 is 0 Å². The van der Waals surface area contributed by atoms with Crippen molar-refractivity contribution in [3.8, 4) is 5.69 Å². The van der Waals surface area contributed by atoms with Gasteiger partial charge in [-0.25, -0.2) is 4.68 Å². The van der Waals surface area contributed by atoms with Gasteiger partial charge in [0, 0.05) is 24.2 Å². The van der Waals surface area contributed by atoms with Crippen molar-refractivity contribution < 1.29 is 9.90 Å². The van der Waals surface area contributed by atoms with Gasteiger partial charge in [-0.1, -0.05) is 43.3 Å². The first kappa shape index (κ1) is 20.2. The number of hydrogen-bond acceptors (Lipinski definition) is 4. The van der Waals surface area contributed by atoms with E-state index in [1.54, 1.807) is 4.68 Å². The molecule has 1 atom stereocenters. The SMILES string of the molecule is CCC(O)CN(CC(=O)Nc1cc(C2CC2)nn1-c1ccccc1)c1ccccc1. The summed E-state index contributed by atoms with van der Waals surface area (Å²) in [6.07, 6.45) is 2.44. The van der Waals surface area contributed by atoms with Crippen LogP contribution in [0.15, 0.2) is 66.7 Å². The molecule has 1 aliphatic carbocycles. The highest BCUT2D eigenvalue weighted by atomic mass is 16.3. The summed E-state index contributed by atoms with van der Waals surface area (Å²) >= 11 is 0. The maximum Gasteiger partial charge on any atom is 0.245 e. The number of nitrogens with zero attached hydrogens (tertiary/aromatic N) is 3. The van der Waals surface area contributed by atoms with Crippen LogP contribution in [-0.2, 0) is 4.79 Å². The normalized spacial score (nSPS) is 14.3. The highest BCUT2D eigenvalue weighted by Crippen LogP contribution is 2.40. The summed E-state index contributed by atoms with van der Waals surface area (Å²) in [5.74, 6) is 1.03. The van der Waals surface area contributed by atoms with Gasteiger partial charge < -0.3 is 15.3 Å². The van der Waals surface area contributed by atoms with Crippen molar-refractivity contribution in [3.63, 3.8) is 0 Å². The molecular formula is C24H28N4O2. The van der Waals surface area contributed by atoms with Crippen LogP contribution in [0.4, 0.5) is 11.5 Å². The zero-order valence-electron chi connectivity index (χ0n) is 17.2. The molecular weight excluding hydrogens is 376 g/mol. The van der Waals surface area contributed by atoms with Gasteiger partial charge in [0.1, 0.15) is 5.82 Å². The minimum absolute atomic E-state index is 0.137. The number of aromatic nitrogens is 2. The van der Waals surface area contributed by atoms with Gasteiger partial charge in [-0.05, 0) is 43.5 Å². The van der Waals surface area contributed by atoms with Gasteiger partial charge in [0.2, 0.25) is 5.91 Å². The van der Waals surface area contributed by atoms with Crippen LogP contribution in [0, 0.1) is 0 Å². The quantitative estimate of drug-likeness (QED) is 0.566. The van der Waals surface area contributed by atoms with Crippen molar-refractivity contribution in [2.75, 3.05) is 23.3 Å². The van der Waals surface area contributed by atoms with Crippen LogP contribution in [0.5, 0.6) is 0 Å². The van der Waals surface area contributed by atoms with Crippen molar-refractivity contribution in [2.24, 2.45) is 0 Å². The second-order valence-corrected chi connectivity index (χ2v) is 7.80. The first-order valence-electron chi connectivity index (χ1n) is 10.6. The second kappa shape index (κ2) is 9.13. The van der Waals surface area contributed by atoms with Crippen molar-refractivity contribution >= 4 is 17.4 Å². The first-order chi connectivity index (χ1) is 14.6. The van der Waals surface area contributed by atoms with Crippen molar-refractivity contribution in [1.29, 1.82) is 0 Å². The summed E-state index contributed by atoms with van der Waals surface area (Å²) in [5, 5.41) is 18.0. The molecule has 1 aromatic heterocycles. The number of rotatable bonds is 9. The third-order valence-corrected chi connectivity index (χ3v) is 5.35. The number of hydrogen-bond donors (Lipinski definition) is 2. The Morgan fingerprint density at radius 3 is 2.47 bits per heavy atom. The third kappa shape index (κ3) is 4.89. The van der Waals surface area contributed by atoms with Crippen LogP contribution in [-0.4, -0.2) is 40.0 Å². The molecule has 1 heterocycles. The highest BCUT2D eigenvalue weighted by Gasteiger charge is 2.28. The Labute approximate surface area is 177 Å². The molecule has 30 heavy (non-hydrogen) atoms. The Kier molecular flexibility index (Phi) is 6.14. The molecule has 1 amide bonds. The predicted octanol–water partition coefficient (Wildman–Crippen LogP) is 3.97. The van der Waals surface area contributed by atoms with Gasteiger partial charge in [0.25, 0.3) is 0 Å². The van der Waals surface area contributed by atoms with E-state index in [4.69, 9.17) is 5.10 Å². The van der Waals surface area contributed by atoms with E-state index in [0.29, 0.717) is 24.7 Å². The van der Waals surface area contributed by atoms with E-state index >= 15 is 0 Å². The summed E-state index contributed by atoms with van der Waals surface area (Å²) in [6.45, 7) is 2.49. The van der Waals surface area contributed by atoms with E-state index in [-0.39, 0.29) is 12.5 Å². The summed E-state index contributed by atoms with van der Waals surface area (Å²) in [7, 11) is 0. The summed E-state index contributed by atoms with van der Waals surface area (Å²) in [6, 6.07) is 21.5. The molecule has 0 saturated heterocycles. The molecule has 4 rings (SSSR count). The number of anilines is 2. The molecule has 6 nitrogen and oxygen atoms in total. The van der Waals surface area contributed by atoms with Gasteiger partial charge in [-0.15, -0.1) is 0 Å². The zero-order chi connectivity index (χ0) is 20.9. The minimum Gasteiger partial charge on any atom is -0.391 e. The molecule has 2 N–H and O–H groups in total. The number of nitrogens with one attached hydrogen (secondary N) is 1. The Morgan fingerprint density at radius 1 is 1.17 bits per heavy atom. The summed E-state index contributed by atoms with van der Waals surface area (Å²) < 4.78 is 1.80. The molecule has 0 radical (unpaired) electrons. The highest BCUT2D eigenvalue weighted by molar-refractivity contribution is 5.93. The van der Waals surface area contributed by atoms with E-state index in [9.17, 15) is 9.90 Å². The Balaban J connectivity index is 1.53. The van der Waals surface area contributed by atoms with Gasteiger partial charge in [0.05, 0.1) is 24.0 Å². The number of para-hydroxylation sites is 2. The fourth-order valence-electron chi connectivity index (χ4n) is 3.47. The summed E-state index contributed by atoms with van der Waals surface area (Å²) in [4.78, 5) is 14.9. The average molecular weight is 405 g/mol. The molecule has 0 bridgehead atoms. The van der Waals surface area contributed by atoms with Crippen LogP contribution < -0.4 is 10.2 Å². The molecule has 0 spiro atoms. The molecule has 1 unspecified atom stereocenters. The lowest BCUT2D eigenvalue weighted by molar-refractivity contribution is -0.115. The third-order valence-electron chi connectivity index (χ3n) is 5.35. The lowest BCUT2D eigenvalue weighted by Gasteiger charge is -2.26. The van der Waals surface area contributed by atoms with E-state index in [1.165, 1.54) is 0 Å². The minimum atomic E-state index is -0.491. The van der Waals surface area contributed by atoms with Crippen LogP contribution in [0.1, 0.15) is 37.8 Å². The van der Waals surface area contributed by atoms with Gasteiger partial charge in [-0.3, -0.25) is 4.79 Å². The first-order valence-corrected chi connectivity index (χ1v) is 10.6. The van der Waals surface area contributed by atoms with Crippen molar-refractivity contribution in [3.05, 3.63) is 72.4 Å². The van der Waals surface area contributed by atoms with Gasteiger partial charge >= 0.3 is 0 Å². The lowest BCUT2D eigenvalue weighted by atomic mass is 10.2. The number of amides is 1. The van der Waals surface area contributed by atoms with Crippen molar-refractivity contribution in [2.45, 2.75) is 38.2 Å². The fraction of sp³-hybridized carbons (Fsp3) is 0.333. The standard InChI is InChI=1S/C24H28N4O2/c1-2-21(29)16-27(19-9-5-3-6-10-19)17-24(30)25-23-15-22(18-13-14-18)26-28(23)20-11-7-4-8-12-20/h3-12,15,18,21,29H,2,13-14,16-17H2,1H3,(H,25,30). The second-order valence-electron chi connectivity index (χ2n) is 7.80. The lowest BCUT2D eigenvalue weighted by Crippen LogP contribution is -2.38. The van der Waals surface area contributed by atoms with Crippen LogP contribution in [0.3, 0.4) is 0 Å². The largest absolute Gasteiger partial charge is 0.391 e. The summed E-state index contributed by atoms with van der Waals surface area (Å²) in [5.41, 5.74) is 2.85. The van der Waals surface area contributed by atoms with Crippen LogP contribution in [0.2, 0.25) is 0 Å². The smallest absolute Gasteiger partial charge is 0.245 e. The molecule has 3 aromatic rings. The number of benzene rings is 2. The van der Waals surface area contributed by atoms with Crippen LogP contribution in [0.25, 0.3) is 5.69 Å². The molecule has 0 aliphatic heterocycles. The fourth-order valence-corrected chi connectivity index (χ4v) is 3.47.